The summed E-state index contributed by atoms with van der Waals surface area (Å²) in [6.07, 6.45) is -3.80. The third-order valence-electron chi connectivity index (χ3n) is 4.56. The van der Waals surface area contributed by atoms with Crippen LogP contribution in [0.15, 0.2) is 0 Å². The molecule has 0 spiro atoms. The van der Waals surface area contributed by atoms with Crippen LogP contribution in [0.25, 0.3) is 0 Å². The average Bonchev–Trinajstić information content (AvgIpc) is 2.97. The van der Waals surface area contributed by atoms with Crippen LogP contribution in [-0.2, 0) is 4.79 Å². The van der Waals surface area contributed by atoms with Crippen molar-refractivity contribution >= 4 is 5.91 Å². The molecule has 0 saturated carbocycles. The smallest absolute Gasteiger partial charge is 0.342 e. The molecule has 0 aliphatic carbocycles. The van der Waals surface area contributed by atoms with E-state index in [1.54, 1.807) is 0 Å². The number of likely N-dealkylation sites (tertiary alicyclic amines) is 1. The van der Waals surface area contributed by atoms with E-state index in [4.69, 9.17) is 0 Å². The Hall–Kier alpha value is -0.780. The van der Waals surface area contributed by atoms with Gasteiger partial charge in [-0.2, -0.15) is 13.2 Å². The van der Waals surface area contributed by atoms with Crippen LogP contribution in [-0.4, -0.2) is 43.2 Å². The fourth-order valence-electron chi connectivity index (χ4n) is 3.06. The van der Waals surface area contributed by atoms with Crippen LogP contribution in [0.5, 0.6) is 0 Å². The second-order valence-corrected chi connectivity index (χ2v) is 6.05. The van der Waals surface area contributed by atoms with Crippen LogP contribution >= 0.6 is 0 Å². The van der Waals surface area contributed by atoms with Gasteiger partial charge in [0.2, 0.25) is 5.91 Å². The minimum atomic E-state index is -4.47. The van der Waals surface area contributed by atoms with Crippen molar-refractivity contribution in [3.05, 3.63) is 0 Å². The van der Waals surface area contributed by atoms with Crippen molar-refractivity contribution in [3.8, 4) is 0 Å². The molecular formula is C13H21F3N2O. The van der Waals surface area contributed by atoms with Crippen LogP contribution in [0.1, 0.15) is 26.7 Å². The van der Waals surface area contributed by atoms with Crippen molar-refractivity contribution in [2.24, 2.45) is 17.3 Å². The molecule has 2 aliphatic heterocycles. The molecule has 1 N–H and O–H groups in total. The fourth-order valence-corrected chi connectivity index (χ4v) is 3.06. The van der Waals surface area contributed by atoms with E-state index in [9.17, 15) is 18.0 Å². The van der Waals surface area contributed by atoms with Crippen LogP contribution in [0.3, 0.4) is 0 Å². The number of carbonyl (C=O) groups is 1. The van der Waals surface area contributed by atoms with Crippen LogP contribution in [0, 0.1) is 17.3 Å². The first kappa shape index (κ1) is 14.6. The summed E-state index contributed by atoms with van der Waals surface area (Å²) in [4.78, 5) is 13.8. The fraction of sp³-hybridized carbons (Fsp3) is 0.923. The summed E-state index contributed by atoms with van der Waals surface area (Å²) in [5, 5.41) is 2.69. The van der Waals surface area contributed by atoms with Gasteiger partial charge >= 0.3 is 6.18 Å². The number of rotatable bonds is 2. The van der Waals surface area contributed by atoms with Gasteiger partial charge in [-0.3, -0.25) is 4.79 Å². The van der Waals surface area contributed by atoms with Crippen LogP contribution < -0.4 is 5.32 Å². The van der Waals surface area contributed by atoms with Gasteiger partial charge in [-0.1, -0.05) is 13.8 Å². The van der Waals surface area contributed by atoms with Gasteiger partial charge < -0.3 is 10.2 Å². The number of halogens is 3. The van der Waals surface area contributed by atoms with Gasteiger partial charge in [-0.25, -0.2) is 0 Å². The van der Waals surface area contributed by atoms with E-state index in [0.717, 1.165) is 6.42 Å². The van der Waals surface area contributed by atoms with Crippen molar-refractivity contribution in [2.75, 3.05) is 26.2 Å². The lowest BCUT2D eigenvalue weighted by molar-refractivity contribution is -0.221. The zero-order valence-corrected chi connectivity index (χ0v) is 11.4. The highest BCUT2D eigenvalue weighted by Gasteiger charge is 2.62. The lowest BCUT2D eigenvalue weighted by Crippen LogP contribution is -2.53. The molecule has 0 radical (unpaired) electrons. The number of hydrogen-bond donors (Lipinski definition) is 1. The molecule has 2 heterocycles. The zero-order valence-electron chi connectivity index (χ0n) is 11.4. The van der Waals surface area contributed by atoms with E-state index < -0.39 is 17.5 Å². The molecule has 3 nitrogen and oxygen atoms in total. The Morgan fingerprint density at radius 2 is 2.11 bits per heavy atom. The van der Waals surface area contributed by atoms with E-state index in [1.807, 2.05) is 0 Å². The maximum Gasteiger partial charge on any atom is 0.404 e. The summed E-state index contributed by atoms with van der Waals surface area (Å²) in [5.74, 6) is -0.00177. The Morgan fingerprint density at radius 3 is 2.53 bits per heavy atom. The van der Waals surface area contributed by atoms with Gasteiger partial charge in [0.1, 0.15) is 0 Å². The molecular weight excluding hydrogens is 257 g/mol. The summed E-state index contributed by atoms with van der Waals surface area (Å²) < 4.78 is 39.9. The predicted octanol–water partition coefficient (Wildman–Crippen LogP) is 2.03. The minimum absolute atomic E-state index is 0.141. The third kappa shape index (κ3) is 2.47. The number of carbonyl (C=O) groups excluding carboxylic acids is 1. The second-order valence-electron chi connectivity index (χ2n) is 6.05. The second kappa shape index (κ2) is 4.96. The van der Waals surface area contributed by atoms with Crippen LogP contribution in [0.4, 0.5) is 13.2 Å². The van der Waals surface area contributed by atoms with E-state index in [0.29, 0.717) is 24.9 Å². The molecule has 2 unspecified atom stereocenters. The minimum Gasteiger partial charge on any atom is -0.342 e. The number of nitrogens with one attached hydrogen (secondary N) is 1. The maximum absolute atomic E-state index is 13.3. The van der Waals surface area contributed by atoms with Gasteiger partial charge in [0.05, 0.1) is 0 Å². The first-order valence-electron chi connectivity index (χ1n) is 6.85. The van der Waals surface area contributed by atoms with Gasteiger partial charge in [-0.15, -0.1) is 0 Å². The molecule has 110 valence electrons. The monoisotopic (exact) mass is 278 g/mol. The van der Waals surface area contributed by atoms with Gasteiger partial charge in [0.15, 0.2) is 5.41 Å². The lowest BCUT2D eigenvalue weighted by Gasteiger charge is -2.33. The van der Waals surface area contributed by atoms with E-state index >= 15 is 0 Å². The molecule has 0 aromatic heterocycles. The zero-order chi connectivity index (χ0) is 14.3. The normalized spacial score (nSPS) is 32.3. The summed E-state index contributed by atoms with van der Waals surface area (Å²) in [7, 11) is 0. The van der Waals surface area contributed by atoms with E-state index in [1.165, 1.54) is 4.90 Å². The van der Waals surface area contributed by atoms with Crippen molar-refractivity contribution in [1.82, 2.24) is 10.2 Å². The highest BCUT2D eigenvalue weighted by Crippen LogP contribution is 2.45. The number of hydrogen-bond acceptors (Lipinski definition) is 2. The molecule has 2 fully saturated rings. The number of alkyl halides is 3. The topological polar surface area (TPSA) is 32.3 Å². The third-order valence-corrected chi connectivity index (χ3v) is 4.56. The number of amides is 1. The summed E-state index contributed by atoms with van der Waals surface area (Å²) in [6, 6.07) is 0. The predicted molar refractivity (Wildman–Crippen MR) is 65.5 cm³/mol. The van der Waals surface area contributed by atoms with E-state index in [2.05, 4.69) is 19.2 Å². The molecule has 19 heavy (non-hydrogen) atoms. The molecule has 6 heteroatoms. The summed E-state index contributed by atoms with van der Waals surface area (Å²) >= 11 is 0. The summed E-state index contributed by atoms with van der Waals surface area (Å²) in [6.45, 7) is 5.00. The Morgan fingerprint density at radius 1 is 1.42 bits per heavy atom. The Bertz CT molecular complexity index is 348. The lowest BCUT2D eigenvalue weighted by atomic mass is 9.84. The van der Waals surface area contributed by atoms with Crippen LogP contribution in [0.2, 0.25) is 0 Å². The average molecular weight is 278 g/mol. The van der Waals surface area contributed by atoms with E-state index in [-0.39, 0.29) is 19.5 Å². The first-order valence-corrected chi connectivity index (χ1v) is 6.85. The van der Waals surface area contributed by atoms with Crippen molar-refractivity contribution in [1.29, 1.82) is 0 Å². The van der Waals surface area contributed by atoms with Crippen molar-refractivity contribution in [3.63, 3.8) is 0 Å². The first-order chi connectivity index (χ1) is 8.78. The number of nitrogens with zero attached hydrogens (tertiary/aromatic N) is 1. The Balaban J connectivity index is 2.14. The standard InChI is InChI=1S/C13H21F3N2O/c1-9(2)10-3-6-18(7-10)11(19)12(13(14,15)16)4-5-17-8-12/h9-10,17H,3-8H2,1-2H3. The quantitative estimate of drug-likeness (QED) is 0.838. The Labute approximate surface area is 111 Å². The molecule has 0 aromatic carbocycles. The summed E-state index contributed by atoms with van der Waals surface area (Å²) in [5.41, 5.74) is -2.20. The molecule has 2 aliphatic rings. The van der Waals surface area contributed by atoms with Crippen molar-refractivity contribution in [2.45, 2.75) is 32.9 Å². The van der Waals surface area contributed by atoms with Gasteiger partial charge in [0, 0.05) is 19.6 Å². The molecule has 2 atom stereocenters. The highest BCUT2D eigenvalue weighted by atomic mass is 19.4. The SMILES string of the molecule is CC(C)C1CCN(C(=O)C2(C(F)(F)F)CCNC2)C1. The molecule has 2 rings (SSSR count). The highest BCUT2D eigenvalue weighted by molar-refractivity contribution is 5.84. The Kier molecular flexibility index (Phi) is 3.82. The molecule has 0 aromatic rings. The largest absolute Gasteiger partial charge is 0.404 e. The van der Waals surface area contributed by atoms with Gasteiger partial charge in [-0.05, 0) is 31.2 Å². The molecule has 0 bridgehead atoms. The molecule has 2 saturated heterocycles. The molecule has 1 amide bonds. The van der Waals surface area contributed by atoms with Gasteiger partial charge in [0.25, 0.3) is 0 Å². The maximum atomic E-state index is 13.3. The van der Waals surface area contributed by atoms with Crippen molar-refractivity contribution < 1.29 is 18.0 Å².